The van der Waals surface area contributed by atoms with E-state index in [0.717, 1.165) is 39.0 Å². The normalized spacial score (nSPS) is 15.6. The summed E-state index contributed by atoms with van der Waals surface area (Å²) < 4.78 is 0. The van der Waals surface area contributed by atoms with Gasteiger partial charge in [-0.15, -0.1) is 5.06 Å². The fourth-order valence-corrected chi connectivity index (χ4v) is 3.27. The number of nitrogens with one attached hydrogen (secondary N) is 1. The number of piperazine rings is 1. The van der Waals surface area contributed by atoms with Gasteiger partial charge in [0.15, 0.2) is 0 Å². The molecule has 0 aliphatic carbocycles. The van der Waals surface area contributed by atoms with E-state index in [9.17, 15) is 4.79 Å². The summed E-state index contributed by atoms with van der Waals surface area (Å²) in [5.74, 6) is -0.0653. The second-order valence-electron chi connectivity index (χ2n) is 7.48. The van der Waals surface area contributed by atoms with E-state index in [4.69, 9.17) is 4.84 Å². The van der Waals surface area contributed by atoms with Crippen molar-refractivity contribution in [3.63, 3.8) is 0 Å². The van der Waals surface area contributed by atoms with Crippen LogP contribution in [0.2, 0.25) is 0 Å². The maximum absolute atomic E-state index is 11.8. The molecule has 1 heterocycles. The lowest BCUT2D eigenvalue weighted by molar-refractivity contribution is -0.192. The first kappa shape index (κ1) is 23.2. The molecule has 0 aromatic heterocycles. The molecule has 152 valence electrons. The molecular formula is C22H42N2O2. The highest BCUT2D eigenvalue weighted by molar-refractivity contribution is 5.68. The molecule has 0 atom stereocenters. The molecule has 1 saturated heterocycles. The zero-order valence-corrected chi connectivity index (χ0v) is 17.1. The molecular weight excluding hydrogens is 324 g/mol. The first-order chi connectivity index (χ1) is 12.8. The number of unbranched alkanes of at least 4 members (excludes halogenated alkanes) is 11. The van der Waals surface area contributed by atoms with Crippen LogP contribution in [-0.2, 0) is 9.63 Å². The van der Waals surface area contributed by atoms with E-state index in [-0.39, 0.29) is 5.97 Å². The SMILES string of the molecule is CCCCCCCC/C=C\CCCCCCCC(=O)ON1CCNCC1. The summed E-state index contributed by atoms with van der Waals surface area (Å²) in [6.45, 7) is 5.68. The Morgan fingerprint density at radius 2 is 1.38 bits per heavy atom. The van der Waals surface area contributed by atoms with Gasteiger partial charge in [-0.3, -0.25) is 4.79 Å². The van der Waals surface area contributed by atoms with Crippen molar-refractivity contribution in [1.29, 1.82) is 0 Å². The molecule has 0 bridgehead atoms. The van der Waals surface area contributed by atoms with Gasteiger partial charge in [0, 0.05) is 32.6 Å². The van der Waals surface area contributed by atoms with Crippen molar-refractivity contribution in [1.82, 2.24) is 10.4 Å². The number of hydrogen-bond donors (Lipinski definition) is 1. The van der Waals surface area contributed by atoms with Crippen LogP contribution in [0.3, 0.4) is 0 Å². The fraction of sp³-hybridized carbons (Fsp3) is 0.864. The Labute approximate surface area is 161 Å². The molecule has 1 aliphatic heterocycles. The molecule has 0 amide bonds. The van der Waals surface area contributed by atoms with Crippen molar-refractivity contribution in [2.75, 3.05) is 26.2 Å². The second kappa shape index (κ2) is 17.5. The molecule has 4 nitrogen and oxygen atoms in total. The van der Waals surface area contributed by atoms with E-state index in [0.29, 0.717) is 6.42 Å². The summed E-state index contributed by atoms with van der Waals surface area (Å²) >= 11 is 0. The summed E-state index contributed by atoms with van der Waals surface area (Å²) in [6, 6.07) is 0. The third-order valence-corrected chi connectivity index (χ3v) is 4.95. The van der Waals surface area contributed by atoms with Gasteiger partial charge in [-0.25, -0.2) is 0 Å². The number of rotatable bonds is 16. The molecule has 26 heavy (non-hydrogen) atoms. The van der Waals surface area contributed by atoms with E-state index < -0.39 is 0 Å². The third-order valence-electron chi connectivity index (χ3n) is 4.95. The second-order valence-corrected chi connectivity index (χ2v) is 7.48. The predicted octanol–water partition coefficient (Wildman–Crippen LogP) is 5.39. The molecule has 4 heteroatoms. The van der Waals surface area contributed by atoms with Crippen molar-refractivity contribution in [2.45, 2.75) is 96.8 Å². The minimum Gasteiger partial charge on any atom is -0.368 e. The molecule has 0 spiro atoms. The van der Waals surface area contributed by atoms with Gasteiger partial charge in [0.05, 0.1) is 0 Å². The zero-order chi connectivity index (χ0) is 18.7. The van der Waals surface area contributed by atoms with Gasteiger partial charge in [0.1, 0.15) is 0 Å². The first-order valence-corrected chi connectivity index (χ1v) is 11.1. The largest absolute Gasteiger partial charge is 0.368 e. The van der Waals surface area contributed by atoms with Gasteiger partial charge in [-0.05, 0) is 32.1 Å². The van der Waals surface area contributed by atoms with Gasteiger partial charge in [-0.2, -0.15) is 0 Å². The number of carbonyl (C=O) groups is 1. The van der Waals surface area contributed by atoms with E-state index in [1.165, 1.54) is 70.6 Å². The summed E-state index contributed by atoms with van der Waals surface area (Å²) in [5.41, 5.74) is 0. The lowest BCUT2D eigenvalue weighted by atomic mass is 10.1. The minimum absolute atomic E-state index is 0.0653. The van der Waals surface area contributed by atoms with Gasteiger partial charge < -0.3 is 10.2 Å². The number of hydroxylamine groups is 2. The Balaban J connectivity index is 1.78. The van der Waals surface area contributed by atoms with E-state index in [1.807, 2.05) is 0 Å². The number of hydrogen-bond acceptors (Lipinski definition) is 4. The Bertz CT molecular complexity index is 352. The van der Waals surface area contributed by atoms with Gasteiger partial charge >= 0.3 is 5.97 Å². The molecule has 0 radical (unpaired) electrons. The highest BCUT2D eigenvalue weighted by Crippen LogP contribution is 2.10. The van der Waals surface area contributed by atoms with Gasteiger partial charge in [-0.1, -0.05) is 70.4 Å². The summed E-state index contributed by atoms with van der Waals surface area (Å²) in [6.07, 6.45) is 21.9. The van der Waals surface area contributed by atoms with Gasteiger partial charge in [0.2, 0.25) is 0 Å². The van der Waals surface area contributed by atoms with Crippen LogP contribution in [0.25, 0.3) is 0 Å². The predicted molar refractivity (Wildman–Crippen MR) is 110 cm³/mol. The third kappa shape index (κ3) is 14.3. The van der Waals surface area contributed by atoms with Gasteiger partial charge in [0.25, 0.3) is 0 Å². The first-order valence-electron chi connectivity index (χ1n) is 11.1. The maximum atomic E-state index is 11.8. The molecule has 0 aromatic carbocycles. The highest BCUT2D eigenvalue weighted by atomic mass is 16.7. The quantitative estimate of drug-likeness (QED) is 0.294. The van der Waals surface area contributed by atoms with Crippen molar-refractivity contribution >= 4 is 5.97 Å². The molecule has 0 unspecified atom stereocenters. The van der Waals surface area contributed by atoms with Crippen LogP contribution in [0.4, 0.5) is 0 Å². The van der Waals surface area contributed by atoms with Crippen molar-refractivity contribution in [3.05, 3.63) is 12.2 Å². The van der Waals surface area contributed by atoms with Crippen LogP contribution in [0.1, 0.15) is 96.8 Å². The number of carbonyl (C=O) groups excluding carboxylic acids is 1. The summed E-state index contributed by atoms with van der Waals surface area (Å²) in [7, 11) is 0. The average molecular weight is 367 g/mol. The lowest BCUT2D eigenvalue weighted by Crippen LogP contribution is -2.44. The Morgan fingerprint density at radius 1 is 0.846 bits per heavy atom. The Kier molecular flexibility index (Phi) is 15.6. The standard InChI is InChI=1S/C22H42N2O2/c1-2-3-4-5-6-7-8-9-10-11-12-13-14-15-16-17-22(25)26-24-20-18-23-19-21-24/h9-10,23H,2-8,11-21H2,1H3/b10-9-. The highest BCUT2D eigenvalue weighted by Gasteiger charge is 2.14. The smallest absolute Gasteiger partial charge is 0.325 e. The molecule has 1 N–H and O–H groups in total. The Morgan fingerprint density at radius 3 is 2.00 bits per heavy atom. The number of nitrogens with zero attached hydrogens (tertiary/aromatic N) is 1. The maximum Gasteiger partial charge on any atom is 0.325 e. The zero-order valence-electron chi connectivity index (χ0n) is 17.1. The topological polar surface area (TPSA) is 41.6 Å². The molecule has 0 saturated carbocycles. The van der Waals surface area contributed by atoms with Crippen molar-refractivity contribution < 1.29 is 9.63 Å². The Hall–Kier alpha value is -0.870. The van der Waals surface area contributed by atoms with Crippen LogP contribution >= 0.6 is 0 Å². The average Bonchev–Trinajstić information content (AvgIpc) is 2.65. The van der Waals surface area contributed by atoms with E-state index in [2.05, 4.69) is 24.4 Å². The fourth-order valence-electron chi connectivity index (χ4n) is 3.27. The number of allylic oxidation sites excluding steroid dienone is 2. The molecule has 0 aromatic rings. The van der Waals surface area contributed by atoms with E-state index in [1.54, 1.807) is 5.06 Å². The molecule has 1 aliphatic rings. The van der Waals surface area contributed by atoms with Crippen molar-refractivity contribution in [3.8, 4) is 0 Å². The van der Waals surface area contributed by atoms with Crippen LogP contribution in [0.15, 0.2) is 12.2 Å². The minimum atomic E-state index is -0.0653. The van der Waals surface area contributed by atoms with Crippen LogP contribution in [0.5, 0.6) is 0 Å². The monoisotopic (exact) mass is 366 g/mol. The summed E-state index contributed by atoms with van der Waals surface area (Å²) in [4.78, 5) is 17.1. The van der Waals surface area contributed by atoms with Crippen LogP contribution < -0.4 is 5.32 Å². The van der Waals surface area contributed by atoms with Crippen LogP contribution in [0, 0.1) is 0 Å². The summed E-state index contributed by atoms with van der Waals surface area (Å²) in [5, 5.41) is 5.04. The molecule has 1 rings (SSSR count). The van der Waals surface area contributed by atoms with E-state index >= 15 is 0 Å². The molecule has 1 fully saturated rings. The lowest BCUT2D eigenvalue weighted by Gasteiger charge is -2.25. The van der Waals surface area contributed by atoms with Crippen molar-refractivity contribution in [2.24, 2.45) is 0 Å². The van der Waals surface area contributed by atoms with Crippen LogP contribution in [-0.4, -0.2) is 37.2 Å².